The van der Waals surface area contributed by atoms with E-state index >= 15 is 0 Å². The van der Waals surface area contributed by atoms with Gasteiger partial charge in [0.15, 0.2) is 0 Å². The van der Waals surface area contributed by atoms with E-state index in [1.807, 2.05) is 12.4 Å². The third-order valence-corrected chi connectivity index (χ3v) is 6.19. The molecule has 4 aliphatic carbocycles. The van der Waals surface area contributed by atoms with E-state index in [1.54, 1.807) is 0 Å². The molecular weight excluding hydrogens is 246 g/mol. The molecule has 0 radical (unpaired) electrons. The van der Waals surface area contributed by atoms with Crippen LogP contribution in [0.3, 0.4) is 0 Å². The maximum Gasteiger partial charge on any atom is 0.0861 e. The standard InChI is InChI=1S/C18H25NO/c1-12-3-15(10-19-9-12)16(20)18-7-13-4-14(8-18)6-17(2,5-13)11-18/h3,9-10,13-14,16,20H,4-8,11H2,1-2H3. The Morgan fingerprint density at radius 1 is 1.20 bits per heavy atom. The number of aliphatic hydroxyl groups excluding tert-OH is 1. The van der Waals surface area contributed by atoms with Crippen molar-refractivity contribution >= 4 is 0 Å². The van der Waals surface area contributed by atoms with Gasteiger partial charge in [0, 0.05) is 17.8 Å². The summed E-state index contributed by atoms with van der Waals surface area (Å²) in [5, 5.41) is 11.1. The highest BCUT2D eigenvalue weighted by molar-refractivity contribution is 5.23. The topological polar surface area (TPSA) is 33.1 Å². The van der Waals surface area contributed by atoms with Crippen molar-refractivity contribution in [2.24, 2.45) is 22.7 Å². The molecule has 3 atom stereocenters. The molecular formula is C18H25NO. The Hall–Kier alpha value is -0.890. The number of hydrogen-bond donors (Lipinski definition) is 1. The van der Waals surface area contributed by atoms with Crippen molar-refractivity contribution in [3.8, 4) is 0 Å². The van der Waals surface area contributed by atoms with Gasteiger partial charge >= 0.3 is 0 Å². The molecule has 3 unspecified atom stereocenters. The van der Waals surface area contributed by atoms with Crippen LogP contribution in [-0.4, -0.2) is 10.1 Å². The molecule has 0 aromatic carbocycles. The Morgan fingerprint density at radius 2 is 1.90 bits per heavy atom. The molecule has 0 spiro atoms. The summed E-state index contributed by atoms with van der Waals surface area (Å²) in [6.07, 6.45) is 11.3. The number of nitrogens with zero attached hydrogens (tertiary/aromatic N) is 1. The Labute approximate surface area is 121 Å². The average Bonchev–Trinajstić information content (AvgIpc) is 2.35. The summed E-state index contributed by atoms with van der Waals surface area (Å²) >= 11 is 0. The van der Waals surface area contributed by atoms with Gasteiger partial charge in [0.25, 0.3) is 0 Å². The van der Waals surface area contributed by atoms with E-state index in [4.69, 9.17) is 0 Å². The molecule has 1 heterocycles. The van der Waals surface area contributed by atoms with E-state index in [0.29, 0.717) is 5.41 Å². The van der Waals surface area contributed by atoms with Gasteiger partial charge in [0.05, 0.1) is 6.10 Å². The first kappa shape index (κ1) is 12.8. The average molecular weight is 271 g/mol. The largest absolute Gasteiger partial charge is 0.388 e. The summed E-state index contributed by atoms with van der Waals surface area (Å²) < 4.78 is 0. The van der Waals surface area contributed by atoms with Crippen molar-refractivity contribution in [2.45, 2.75) is 58.5 Å². The Balaban J connectivity index is 1.70. The molecule has 1 aromatic rings. The van der Waals surface area contributed by atoms with Gasteiger partial charge in [-0.3, -0.25) is 4.98 Å². The van der Waals surface area contributed by atoms with Crippen LogP contribution in [0.15, 0.2) is 18.5 Å². The minimum absolute atomic E-state index is 0.133. The second-order valence-corrected chi connectivity index (χ2v) is 8.33. The summed E-state index contributed by atoms with van der Waals surface area (Å²) in [5.74, 6) is 1.71. The molecule has 0 aliphatic heterocycles. The highest BCUT2D eigenvalue weighted by atomic mass is 16.3. The van der Waals surface area contributed by atoms with Crippen molar-refractivity contribution < 1.29 is 5.11 Å². The van der Waals surface area contributed by atoms with Crippen LogP contribution in [-0.2, 0) is 0 Å². The van der Waals surface area contributed by atoms with E-state index in [1.165, 1.54) is 38.5 Å². The van der Waals surface area contributed by atoms with Gasteiger partial charge < -0.3 is 5.11 Å². The maximum absolute atomic E-state index is 11.1. The second-order valence-electron chi connectivity index (χ2n) is 8.33. The third kappa shape index (κ3) is 1.84. The third-order valence-electron chi connectivity index (χ3n) is 6.19. The van der Waals surface area contributed by atoms with Gasteiger partial charge in [-0.25, -0.2) is 0 Å². The van der Waals surface area contributed by atoms with Crippen LogP contribution in [0.4, 0.5) is 0 Å². The highest BCUT2D eigenvalue weighted by Gasteiger charge is 2.58. The summed E-state index contributed by atoms with van der Waals surface area (Å²) in [6.45, 7) is 4.52. The Kier molecular flexibility index (Phi) is 2.61. The zero-order valence-corrected chi connectivity index (χ0v) is 12.6. The van der Waals surface area contributed by atoms with Gasteiger partial charge in [-0.2, -0.15) is 0 Å². The first-order valence-electron chi connectivity index (χ1n) is 8.08. The number of aryl methyl sites for hydroxylation is 1. The summed E-state index contributed by atoms with van der Waals surface area (Å²) in [4.78, 5) is 4.29. The molecule has 1 N–H and O–H groups in total. The van der Waals surface area contributed by atoms with Crippen LogP contribution in [0.2, 0.25) is 0 Å². The van der Waals surface area contributed by atoms with Gasteiger partial charge in [-0.15, -0.1) is 0 Å². The minimum Gasteiger partial charge on any atom is -0.388 e. The molecule has 4 fully saturated rings. The normalized spacial score (nSPS) is 43.8. The molecule has 4 saturated carbocycles. The fourth-order valence-corrected chi connectivity index (χ4v) is 6.20. The van der Waals surface area contributed by atoms with Crippen LogP contribution < -0.4 is 0 Å². The summed E-state index contributed by atoms with van der Waals surface area (Å²) in [7, 11) is 0. The number of aliphatic hydroxyl groups is 1. The summed E-state index contributed by atoms with van der Waals surface area (Å²) in [5.41, 5.74) is 2.81. The lowest BCUT2D eigenvalue weighted by molar-refractivity contribution is -0.155. The van der Waals surface area contributed by atoms with Gasteiger partial charge in [0.1, 0.15) is 0 Å². The number of rotatable bonds is 2. The van der Waals surface area contributed by atoms with E-state index < -0.39 is 0 Å². The van der Waals surface area contributed by atoms with Crippen LogP contribution in [0.5, 0.6) is 0 Å². The van der Waals surface area contributed by atoms with Crippen LogP contribution in [0.25, 0.3) is 0 Å². The number of hydrogen-bond acceptors (Lipinski definition) is 2. The van der Waals surface area contributed by atoms with Crippen molar-refractivity contribution in [3.63, 3.8) is 0 Å². The zero-order chi connectivity index (χ0) is 14.0. The second kappa shape index (κ2) is 4.07. The van der Waals surface area contributed by atoms with Crippen molar-refractivity contribution in [1.82, 2.24) is 4.98 Å². The van der Waals surface area contributed by atoms with Gasteiger partial charge in [0.2, 0.25) is 0 Å². The van der Waals surface area contributed by atoms with E-state index in [2.05, 4.69) is 24.9 Å². The van der Waals surface area contributed by atoms with E-state index in [-0.39, 0.29) is 11.5 Å². The first-order chi connectivity index (χ1) is 9.48. The maximum atomic E-state index is 11.1. The van der Waals surface area contributed by atoms with Crippen LogP contribution >= 0.6 is 0 Å². The highest BCUT2D eigenvalue weighted by Crippen LogP contribution is 2.68. The molecule has 2 nitrogen and oxygen atoms in total. The van der Waals surface area contributed by atoms with Crippen LogP contribution in [0, 0.1) is 29.6 Å². The molecule has 108 valence electrons. The fraction of sp³-hybridized carbons (Fsp3) is 0.722. The molecule has 5 rings (SSSR count). The lowest BCUT2D eigenvalue weighted by atomic mass is 9.43. The smallest absolute Gasteiger partial charge is 0.0861 e. The molecule has 1 aromatic heterocycles. The molecule has 4 aliphatic rings. The molecule has 20 heavy (non-hydrogen) atoms. The number of aromatic nitrogens is 1. The monoisotopic (exact) mass is 271 g/mol. The van der Waals surface area contributed by atoms with Gasteiger partial charge in [-0.05, 0) is 73.8 Å². The van der Waals surface area contributed by atoms with Crippen LogP contribution in [0.1, 0.15) is 62.7 Å². The molecule has 0 saturated heterocycles. The van der Waals surface area contributed by atoms with Crippen molar-refractivity contribution in [1.29, 1.82) is 0 Å². The zero-order valence-electron chi connectivity index (χ0n) is 12.6. The predicted molar refractivity (Wildman–Crippen MR) is 79.2 cm³/mol. The lowest BCUT2D eigenvalue weighted by Crippen LogP contribution is -2.53. The van der Waals surface area contributed by atoms with E-state index in [0.717, 1.165) is 23.0 Å². The fourth-order valence-electron chi connectivity index (χ4n) is 6.20. The van der Waals surface area contributed by atoms with Gasteiger partial charge in [-0.1, -0.05) is 13.0 Å². The Morgan fingerprint density at radius 3 is 2.50 bits per heavy atom. The predicted octanol–water partition coefficient (Wildman–Crippen LogP) is 4.03. The molecule has 4 bridgehead atoms. The number of pyridine rings is 1. The quantitative estimate of drug-likeness (QED) is 0.881. The first-order valence-corrected chi connectivity index (χ1v) is 8.08. The van der Waals surface area contributed by atoms with Crippen molar-refractivity contribution in [3.05, 3.63) is 29.6 Å². The van der Waals surface area contributed by atoms with Crippen molar-refractivity contribution in [2.75, 3.05) is 0 Å². The lowest BCUT2D eigenvalue weighted by Gasteiger charge is -2.62. The minimum atomic E-state index is -0.319. The molecule has 0 amide bonds. The Bertz CT molecular complexity index is 524. The molecule has 2 heteroatoms. The SMILES string of the molecule is Cc1cncc(C(O)C23CC4CC(CC(C)(C4)C2)C3)c1. The summed E-state index contributed by atoms with van der Waals surface area (Å²) in [6, 6.07) is 2.12. The van der Waals surface area contributed by atoms with E-state index in [9.17, 15) is 5.11 Å².